The Labute approximate surface area is 148 Å². The fourth-order valence-corrected chi connectivity index (χ4v) is 3.13. The van der Waals surface area contributed by atoms with Crippen molar-refractivity contribution in [1.29, 1.82) is 0 Å². The smallest absolute Gasteiger partial charge is 0.230 e. The van der Waals surface area contributed by atoms with Crippen molar-refractivity contribution in [1.82, 2.24) is 5.16 Å². The van der Waals surface area contributed by atoms with Crippen LogP contribution in [0.5, 0.6) is 0 Å². The maximum Gasteiger partial charge on any atom is 0.230 e. The molecule has 0 fully saturated rings. The summed E-state index contributed by atoms with van der Waals surface area (Å²) in [6.07, 6.45) is 3.65. The summed E-state index contributed by atoms with van der Waals surface area (Å²) in [5, 5.41) is 7.97. The molecule has 0 saturated carbocycles. The van der Waals surface area contributed by atoms with E-state index in [0.29, 0.717) is 5.69 Å². The van der Waals surface area contributed by atoms with Crippen LogP contribution in [0, 0.1) is 13.8 Å². The first-order chi connectivity index (χ1) is 12.1. The van der Waals surface area contributed by atoms with E-state index in [0.717, 1.165) is 34.2 Å². The molecule has 0 aliphatic heterocycles. The zero-order valence-corrected chi connectivity index (χ0v) is 15.1. The molecule has 1 amide bonds. The summed E-state index contributed by atoms with van der Waals surface area (Å²) < 4.78 is 5.39. The number of aromatic nitrogens is 1. The first-order valence-electron chi connectivity index (χ1n) is 8.81. The molecular formula is C21H24N2O2. The number of benzene rings is 2. The number of nitrogens with zero attached hydrogens (tertiary/aromatic N) is 1. The van der Waals surface area contributed by atoms with Gasteiger partial charge in [-0.05, 0) is 61.6 Å². The molecule has 3 rings (SSSR count). The minimum atomic E-state index is -0.0866. The lowest BCUT2D eigenvalue weighted by atomic mass is 10.0. The van der Waals surface area contributed by atoms with Crippen LogP contribution in [-0.4, -0.2) is 11.1 Å². The third-order valence-electron chi connectivity index (χ3n) is 4.37. The summed E-state index contributed by atoms with van der Waals surface area (Å²) in [5.74, 6) is -0.0866. The van der Waals surface area contributed by atoms with Gasteiger partial charge in [-0.15, -0.1) is 0 Å². The van der Waals surface area contributed by atoms with Gasteiger partial charge in [0, 0.05) is 11.1 Å². The van der Waals surface area contributed by atoms with Gasteiger partial charge in [-0.1, -0.05) is 36.7 Å². The second-order valence-corrected chi connectivity index (χ2v) is 6.61. The highest BCUT2D eigenvalue weighted by Gasteiger charge is 2.15. The lowest BCUT2D eigenvalue weighted by Gasteiger charge is -2.06. The third kappa shape index (κ3) is 4.08. The molecular weight excluding hydrogens is 312 g/mol. The van der Waals surface area contributed by atoms with Crippen molar-refractivity contribution < 1.29 is 9.32 Å². The first-order valence-corrected chi connectivity index (χ1v) is 8.81. The summed E-state index contributed by atoms with van der Waals surface area (Å²) in [6.45, 7) is 6.22. The minimum absolute atomic E-state index is 0.0866. The second kappa shape index (κ2) is 7.51. The molecule has 25 heavy (non-hydrogen) atoms. The van der Waals surface area contributed by atoms with Crippen molar-refractivity contribution in [3.05, 3.63) is 58.8 Å². The highest BCUT2D eigenvalue weighted by atomic mass is 16.5. The molecule has 3 aromatic rings. The number of amides is 1. The minimum Gasteiger partial charge on any atom is -0.356 e. The number of rotatable bonds is 6. The number of nitrogens with one attached hydrogen (secondary N) is 1. The van der Waals surface area contributed by atoms with E-state index in [-0.39, 0.29) is 12.3 Å². The number of unbranched alkanes of at least 4 members (excludes halogenated alkanes) is 1. The van der Waals surface area contributed by atoms with Gasteiger partial charge in [0.05, 0.1) is 6.42 Å². The predicted molar refractivity (Wildman–Crippen MR) is 101 cm³/mol. The van der Waals surface area contributed by atoms with E-state index in [1.54, 1.807) is 0 Å². The molecule has 0 radical (unpaired) electrons. The highest BCUT2D eigenvalue weighted by Crippen LogP contribution is 2.24. The van der Waals surface area contributed by atoms with E-state index in [9.17, 15) is 4.79 Å². The Morgan fingerprint density at radius 3 is 2.64 bits per heavy atom. The molecule has 4 nitrogen and oxygen atoms in total. The van der Waals surface area contributed by atoms with Gasteiger partial charge in [0.25, 0.3) is 0 Å². The lowest BCUT2D eigenvalue weighted by molar-refractivity contribution is -0.115. The number of anilines is 1. The van der Waals surface area contributed by atoms with Gasteiger partial charge in [0.2, 0.25) is 5.91 Å². The summed E-state index contributed by atoms with van der Waals surface area (Å²) >= 11 is 0. The average Bonchev–Trinajstić information content (AvgIpc) is 2.97. The van der Waals surface area contributed by atoms with Gasteiger partial charge in [-0.25, -0.2) is 0 Å². The molecule has 2 aromatic carbocycles. The van der Waals surface area contributed by atoms with Crippen molar-refractivity contribution in [3.63, 3.8) is 0 Å². The predicted octanol–water partition coefficient (Wildman–Crippen LogP) is 4.97. The Kier molecular flexibility index (Phi) is 5.17. The monoisotopic (exact) mass is 336 g/mol. The summed E-state index contributed by atoms with van der Waals surface area (Å²) in [6, 6.07) is 12.1. The largest absolute Gasteiger partial charge is 0.356 e. The number of carbonyl (C=O) groups is 1. The van der Waals surface area contributed by atoms with Gasteiger partial charge in [0.1, 0.15) is 5.69 Å². The van der Waals surface area contributed by atoms with Crippen LogP contribution >= 0.6 is 0 Å². The van der Waals surface area contributed by atoms with E-state index >= 15 is 0 Å². The molecule has 0 aliphatic rings. The van der Waals surface area contributed by atoms with Crippen molar-refractivity contribution in [2.24, 2.45) is 0 Å². The zero-order chi connectivity index (χ0) is 17.8. The van der Waals surface area contributed by atoms with Gasteiger partial charge in [-0.2, -0.15) is 0 Å². The van der Waals surface area contributed by atoms with Gasteiger partial charge in [-0.3, -0.25) is 4.79 Å². The number of hydrogen-bond acceptors (Lipinski definition) is 3. The van der Waals surface area contributed by atoms with Crippen LogP contribution in [0.1, 0.15) is 42.1 Å². The third-order valence-corrected chi connectivity index (χ3v) is 4.37. The molecule has 0 unspecified atom stereocenters. The maximum absolute atomic E-state index is 12.4. The van der Waals surface area contributed by atoms with Crippen molar-refractivity contribution in [3.8, 4) is 0 Å². The fraction of sp³-hybridized carbons (Fsp3) is 0.333. The van der Waals surface area contributed by atoms with E-state index in [1.807, 2.05) is 32.0 Å². The molecule has 0 atom stereocenters. The summed E-state index contributed by atoms with van der Waals surface area (Å²) in [5.41, 5.74) is 5.74. The van der Waals surface area contributed by atoms with Gasteiger partial charge < -0.3 is 9.84 Å². The van der Waals surface area contributed by atoms with Crippen LogP contribution < -0.4 is 5.32 Å². The van der Waals surface area contributed by atoms with Gasteiger partial charge >= 0.3 is 0 Å². The van der Waals surface area contributed by atoms with Crippen LogP contribution in [0.3, 0.4) is 0 Å². The van der Waals surface area contributed by atoms with E-state index < -0.39 is 0 Å². The van der Waals surface area contributed by atoms with Crippen LogP contribution in [0.15, 0.2) is 40.9 Å². The molecule has 0 spiro atoms. The second-order valence-electron chi connectivity index (χ2n) is 6.61. The first kappa shape index (κ1) is 17.2. The average molecular weight is 336 g/mol. The topological polar surface area (TPSA) is 55.1 Å². The summed E-state index contributed by atoms with van der Waals surface area (Å²) in [7, 11) is 0. The van der Waals surface area contributed by atoms with E-state index in [2.05, 4.69) is 35.6 Å². The molecule has 130 valence electrons. The van der Waals surface area contributed by atoms with E-state index in [1.165, 1.54) is 18.4 Å². The molecule has 1 heterocycles. The molecule has 0 saturated heterocycles. The quantitative estimate of drug-likeness (QED) is 0.691. The molecule has 4 heteroatoms. The molecule has 0 bridgehead atoms. The summed E-state index contributed by atoms with van der Waals surface area (Å²) in [4.78, 5) is 12.4. The Bertz CT molecular complexity index is 879. The van der Waals surface area contributed by atoms with Crippen LogP contribution in [-0.2, 0) is 17.6 Å². The maximum atomic E-state index is 12.4. The number of carbonyl (C=O) groups excluding carboxylic acids is 1. The van der Waals surface area contributed by atoms with Crippen molar-refractivity contribution >= 4 is 22.6 Å². The van der Waals surface area contributed by atoms with Crippen molar-refractivity contribution in [2.75, 3.05) is 5.32 Å². The van der Waals surface area contributed by atoms with Crippen molar-refractivity contribution in [2.45, 2.75) is 46.5 Å². The number of hydrogen-bond donors (Lipinski definition) is 1. The Morgan fingerprint density at radius 1 is 1.16 bits per heavy atom. The van der Waals surface area contributed by atoms with Crippen LogP contribution in [0.25, 0.3) is 11.0 Å². The molecule has 1 aromatic heterocycles. The number of aryl methyl sites for hydroxylation is 3. The highest BCUT2D eigenvalue weighted by molar-refractivity contribution is 5.95. The van der Waals surface area contributed by atoms with E-state index in [4.69, 9.17) is 4.52 Å². The normalized spacial score (nSPS) is 11.0. The Balaban J connectivity index is 1.69. The lowest BCUT2D eigenvalue weighted by Crippen LogP contribution is -2.14. The Hall–Kier alpha value is -2.62. The number of fused-ring (bicyclic) bond motifs is 1. The molecule has 0 aliphatic carbocycles. The van der Waals surface area contributed by atoms with Crippen LogP contribution in [0.4, 0.5) is 5.69 Å². The fourth-order valence-electron chi connectivity index (χ4n) is 3.13. The van der Waals surface area contributed by atoms with Crippen LogP contribution in [0.2, 0.25) is 0 Å². The molecule has 1 N–H and O–H groups in total. The van der Waals surface area contributed by atoms with Gasteiger partial charge in [0.15, 0.2) is 5.58 Å². The zero-order valence-electron chi connectivity index (χ0n) is 15.1. The Morgan fingerprint density at radius 2 is 1.92 bits per heavy atom. The SMILES string of the molecule is CCCCc1ccc(NC(=O)Cc2noc3cc(C)cc(C)c23)cc1. The standard InChI is InChI=1S/C21H24N2O2/c1-4-5-6-16-7-9-17(10-8-16)22-20(24)13-18-21-15(3)11-14(2)12-19(21)25-23-18/h7-12H,4-6,13H2,1-3H3,(H,22,24).